The lowest BCUT2D eigenvalue weighted by atomic mass is 9.87. The largest absolute Gasteiger partial charge is 0.459 e. The highest BCUT2D eigenvalue weighted by Gasteiger charge is 2.42. The molecule has 1 unspecified atom stereocenters. The van der Waals surface area contributed by atoms with Crippen molar-refractivity contribution in [2.45, 2.75) is 33.1 Å². The zero-order valence-corrected chi connectivity index (χ0v) is 18.6. The van der Waals surface area contributed by atoms with Crippen LogP contribution >= 0.6 is 24.0 Å². The number of halogens is 1. The normalized spacial score (nSPS) is 22.1. The van der Waals surface area contributed by atoms with E-state index in [-0.39, 0.29) is 29.9 Å². The monoisotopic (exact) mass is 490 g/mol. The highest BCUT2D eigenvalue weighted by Crippen LogP contribution is 2.38. The third-order valence-corrected chi connectivity index (χ3v) is 5.21. The van der Waals surface area contributed by atoms with Gasteiger partial charge in [0.15, 0.2) is 11.7 Å². The van der Waals surface area contributed by atoms with E-state index in [2.05, 4.69) is 22.5 Å². The molecular formula is C19H31IN4O3. The van der Waals surface area contributed by atoms with E-state index in [0.29, 0.717) is 24.3 Å². The van der Waals surface area contributed by atoms with Crippen molar-refractivity contribution in [1.82, 2.24) is 15.5 Å². The summed E-state index contributed by atoms with van der Waals surface area (Å²) in [6, 6.07) is 1.79. The molecule has 8 heteroatoms. The van der Waals surface area contributed by atoms with E-state index < -0.39 is 0 Å². The molecule has 0 saturated carbocycles. The highest BCUT2D eigenvalue weighted by molar-refractivity contribution is 14.0. The van der Waals surface area contributed by atoms with Gasteiger partial charge in [-0.2, -0.15) is 0 Å². The van der Waals surface area contributed by atoms with Crippen LogP contribution in [-0.4, -0.2) is 62.7 Å². The number of likely N-dealkylation sites (tertiary alicyclic amines) is 1. The smallest absolute Gasteiger partial charge is 0.287 e. The Morgan fingerprint density at radius 2 is 2.22 bits per heavy atom. The molecule has 0 aliphatic carbocycles. The lowest BCUT2D eigenvalue weighted by molar-refractivity contribution is 0.0925. The summed E-state index contributed by atoms with van der Waals surface area (Å²) in [6.07, 6.45) is 4.66. The van der Waals surface area contributed by atoms with Gasteiger partial charge in [0.05, 0.1) is 12.9 Å². The Bertz CT molecular complexity index is 641. The van der Waals surface area contributed by atoms with Crippen LogP contribution in [0.15, 0.2) is 21.7 Å². The average molecular weight is 490 g/mol. The second-order valence-corrected chi connectivity index (χ2v) is 7.25. The maximum absolute atomic E-state index is 12.0. The van der Waals surface area contributed by atoms with Gasteiger partial charge >= 0.3 is 0 Å². The zero-order chi connectivity index (χ0) is 18.4. The van der Waals surface area contributed by atoms with E-state index in [4.69, 9.17) is 14.1 Å². The van der Waals surface area contributed by atoms with E-state index in [9.17, 15) is 4.79 Å². The number of rotatable bonds is 6. The summed E-state index contributed by atoms with van der Waals surface area (Å²) in [6.45, 7) is 9.89. The Hall–Kier alpha value is -1.29. The van der Waals surface area contributed by atoms with Gasteiger partial charge in [0.25, 0.3) is 5.91 Å². The fourth-order valence-electron chi connectivity index (χ4n) is 3.66. The summed E-state index contributed by atoms with van der Waals surface area (Å²) in [5, 5.41) is 6.28. The van der Waals surface area contributed by atoms with Gasteiger partial charge in [0, 0.05) is 50.3 Å². The zero-order valence-electron chi connectivity index (χ0n) is 16.3. The second kappa shape index (κ2) is 10.3. The topological polar surface area (TPSA) is 79.1 Å². The van der Waals surface area contributed by atoms with E-state index in [1.165, 1.54) is 12.7 Å². The van der Waals surface area contributed by atoms with Crippen molar-refractivity contribution in [2.75, 3.05) is 45.9 Å². The highest BCUT2D eigenvalue weighted by atomic mass is 127. The number of aryl methyl sites for hydroxylation is 1. The second-order valence-electron chi connectivity index (χ2n) is 7.25. The van der Waals surface area contributed by atoms with Gasteiger partial charge < -0.3 is 24.7 Å². The number of carbonyl (C=O) groups is 1. The van der Waals surface area contributed by atoms with Crippen LogP contribution in [0.5, 0.6) is 0 Å². The minimum absolute atomic E-state index is 0. The van der Waals surface area contributed by atoms with Crippen molar-refractivity contribution in [3.63, 3.8) is 0 Å². The SMILES string of the molecule is CCNC(=NCCCNC(=O)c1occc1C)N1CCC2(CCOC2)C1.I. The molecule has 2 aliphatic rings. The number of hydrogen-bond donors (Lipinski definition) is 2. The molecule has 3 heterocycles. The first-order valence-corrected chi connectivity index (χ1v) is 9.57. The Balaban J connectivity index is 0.00000261. The molecular weight excluding hydrogens is 459 g/mol. The van der Waals surface area contributed by atoms with Gasteiger partial charge in [-0.15, -0.1) is 24.0 Å². The number of ether oxygens (including phenoxy) is 1. The van der Waals surface area contributed by atoms with Crippen molar-refractivity contribution in [1.29, 1.82) is 0 Å². The number of nitrogens with zero attached hydrogens (tertiary/aromatic N) is 2. The molecule has 3 rings (SSSR count). The lowest BCUT2D eigenvalue weighted by Gasteiger charge is -2.25. The third kappa shape index (κ3) is 5.60. The van der Waals surface area contributed by atoms with Gasteiger partial charge in [-0.05, 0) is 39.2 Å². The van der Waals surface area contributed by atoms with Crippen LogP contribution < -0.4 is 10.6 Å². The van der Waals surface area contributed by atoms with Gasteiger partial charge in [-0.1, -0.05) is 0 Å². The van der Waals surface area contributed by atoms with Gasteiger partial charge in [0.1, 0.15) is 0 Å². The van der Waals surface area contributed by atoms with Gasteiger partial charge in [-0.25, -0.2) is 0 Å². The van der Waals surface area contributed by atoms with Gasteiger partial charge in [-0.3, -0.25) is 9.79 Å². The number of carbonyl (C=O) groups excluding carboxylic acids is 1. The van der Waals surface area contributed by atoms with Crippen LogP contribution in [0.4, 0.5) is 0 Å². The molecule has 0 aromatic carbocycles. The molecule has 2 fully saturated rings. The standard InChI is InChI=1S/C19H30N4O3.HI/c1-3-20-18(23-10-6-19(13-23)7-12-25-14-19)22-9-4-8-21-17(24)16-15(2)5-11-26-16;/h5,11H,3-4,6-10,12-14H2,1-2H3,(H,20,22)(H,21,24);1H. The summed E-state index contributed by atoms with van der Waals surface area (Å²) in [4.78, 5) is 19.1. The molecule has 1 atom stereocenters. The Kier molecular flexibility index (Phi) is 8.40. The van der Waals surface area contributed by atoms with E-state index >= 15 is 0 Å². The van der Waals surface area contributed by atoms with E-state index in [1.807, 2.05) is 6.92 Å². The molecule has 152 valence electrons. The maximum atomic E-state index is 12.0. The minimum atomic E-state index is -0.161. The molecule has 1 amide bonds. The van der Waals surface area contributed by atoms with Crippen LogP contribution in [0.2, 0.25) is 0 Å². The number of aliphatic imine (C=N–C) groups is 1. The number of guanidine groups is 1. The van der Waals surface area contributed by atoms with Crippen LogP contribution in [0.1, 0.15) is 42.3 Å². The van der Waals surface area contributed by atoms with Crippen molar-refractivity contribution in [3.05, 3.63) is 23.7 Å². The first-order chi connectivity index (χ1) is 12.6. The Labute approximate surface area is 178 Å². The minimum Gasteiger partial charge on any atom is -0.459 e. The average Bonchev–Trinajstić information content (AvgIpc) is 3.36. The lowest BCUT2D eigenvalue weighted by Crippen LogP contribution is -2.41. The molecule has 0 bridgehead atoms. The Morgan fingerprint density at radius 3 is 2.89 bits per heavy atom. The number of hydrogen-bond acceptors (Lipinski definition) is 4. The van der Waals surface area contributed by atoms with Crippen LogP contribution in [-0.2, 0) is 4.74 Å². The van der Waals surface area contributed by atoms with E-state index in [1.54, 1.807) is 6.07 Å². The summed E-state index contributed by atoms with van der Waals surface area (Å²) in [5.41, 5.74) is 1.18. The van der Waals surface area contributed by atoms with Crippen LogP contribution in [0, 0.1) is 12.3 Å². The summed E-state index contributed by atoms with van der Waals surface area (Å²) in [5.74, 6) is 1.21. The number of amides is 1. The number of nitrogens with one attached hydrogen (secondary N) is 2. The van der Waals surface area contributed by atoms with Crippen molar-refractivity contribution in [3.8, 4) is 0 Å². The molecule has 7 nitrogen and oxygen atoms in total. The quantitative estimate of drug-likeness (QED) is 0.277. The number of furan rings is 1. The molecule has 2 N–H and O–H groups in total. The summed E-state index contributed by atoms with van der Waals surface area (Å²) < 4.78 is 10.8. The fraction of sp³-hybridized carbons (Fsp3) is 0.684. The Morgan fingerprint density at radius 1 is 1.37 bits per heavy atom. The van der Waals surface area contributed by atoms with E-state index in [0.717, 1.165) is 57.2 Å². The first kappa shape index (κ1) is 22.0. The molecule has 2 saturated heterocycles. The fourth-order valence-corrected chi connectivity index (χ4v) is 3.66. The van der Waals surface area contributed by atoms with Crippen LogP contribution in [0.3, 0.4) is 0 Å². The third-order valence-electron chi connectivity index (χ3n) is 5.21. The predicted octanol–water partition coefficient (Wildman–Crippen LogP) is 2.40. The summed E-state index contributed by atoms with van der Waals surface area (Å²) >= 11 is 0. The summed E-state index contributed by atoms with van der Waals surface area (Å²) in [7, 11) is 0. The van der Waals surface area contributed by atoms with Crippen molar-refractivity contribution >= 4 is 35.8 Å². The van der Waals surface area contributed by atoms with Crippen LogP contribution in [0.25, 0.3) is 0 Å². The predicted molar refractivity (Wildman–Crippen MR) is 116 cm³/mol. The first-order valence-electron chi connectivity index (χ1n) is 9.57. The molecule has 27 heavy (non-hydrogen) atoms. The van der Waals surface area contributed by atoms with Crippen molar-refractivity contribution in [2.24, 2.45) is 10.4 Å². The molecule has 1 spiro atoms. The van der Waals surface area contributed by atoms with Crippen molar-refractivity contribution < 1.29 is 13.9 Å². The maximum Gasteiger partial charge on any atom is 0.287 e. The molecule has 0 radical (unpaired) electrons. The van der Waals surface area contributed by atoms with Gasteiger partial charge in [0.2, 0.25) is 0 Å². The molecule has 2 aliphatic heterocycles. The molecule has 1 aromatic rings. The molecule has 1 aromatic heterocycles.